The number of fused-ring (bicyclic) bond motifs is 1. The summed E-state index contributed by atoms with van der Waals surface area (Å²) in [5.41, 5.74) is 1.68. The Bertz CT molecular complexity index is 690. The fraction of sp³-hybridized carbons (Fsp3) is 0.333. The highest BCUT2D eigenvalue weighted by atomic mass is 19.1. The second kappa shape index (κ2) is 6.87. The molecule has 3 rings (SSSR count). The molecule has 0 aromatic heterocycles. The predicted octanol–water partition coefficient (Wildman–Crippen LogP) is 2.94. The van der Waals surface area contributed by atoms with Crippen LogP contribution < -0.4 is 19.5 Å². The molecule has 0 saturated carbocycles. The molecule has 5 heteroatoms. The molecule has 1 aliphatic rings. The summed E-state index contributed by atoms with van der Waals surface area (Å²) >= 11 is 0. The molecule has 23 heavy (non-hydrogen) atoms. The maximum atomic E-state index is 13.9. The highest BCUT2D eigenvalue weighted by Gasteiger charge is 2.22. The molecular formula is C18H20FNO3. The lowest BCUT2D eigenvalue weighted by molar-refractivity contribution is 0.226. The molecule has 0 unspecified atom stereocenters. The van der Waals surface area contributed by atoms with Crippen LogP contribution in [0.25, 0.3) is 0 Å². The van der Waals surface area contributed by atoms with E-state index >= 15 is 0 Å². The van der Waals surface area contributed by atoms with Crippen LogP contribution in [0, 0.1) is 5.82 Å². The lowest BCUT2D eigenvalue weighted by atomic mass is 10.0. The summed E-state index contributed by atoms with van der Waals surface area (Å²) < 4.78 is 30.1. The summed E-state index contributed by atoms with van der Waals surface area (Å²) in [7, 11) is 3.21. The van der Waals surface area contributed by atoms with E-state index in [-0.39, 0.29) is 11.9 Å². The van der Waals surface area contributed by atoms with Gasteiger partial charge in [0, 0.05) is 18.2 Å². The number of para-hydroxylation sites is 1. The molecule has 122 valence electrons. The van der Waals surface area contributed by atoms with Gasteiger partial charge in [-0.05, 0) is 36.2 Å². The van der Waals surface area contributed by atoms with Crippen molar-refractivity contribution in [3.8, 4) is 17.2 Å². The Hall–Kier alpha value is -2.27. The monoisotopic (exact) mass is 317 g/mol. The van der Waals surface area contributed by atoms with E-state index in [1.807, 2.05) is 18.2 Å². The number of nitrogens with one attached hydrogen (secondary N) is 1. The molecule has 1 heterocycles. The fourth-order valence-electron chi connectivity index (χ4n) is 2.75. The average molecular weight is 317 g/mol. The van der Waals surface area contributed by atoms with E-state index in [0.29, 0.717) is 24.5 Å². The van der Waals surface area contributed by atoms with Gasteiger partial charge in [0.05, 0.1) is 14.2 Å². The van der Waals surface area contributed by atoms with Crippen molar-refractivity contribution in [2.24, 2.45) is 0 Å². The summed E-state index contributed by atoms with van der Waals surface area (Å²) in [5, 5.41) is 3.35. The van der Waals surface area contributed by atoms with Gasteiger partial charge in [-0.2, -0.15) is 0 Å². The van der Waals surface area contributed by atoms with Crippen LogP contribution in [0.5, 0.6) is 17.2 Å². The molecule has 0 radical (unpaired) electrons. The van der Waals surface area contributed by atoms with Gasteiger partial charge in [-0.1, -0.05) is 12.1 Å². The largest absolute Gasteiger partial charge is 0.497 e. The van der Waals surface area contributed by atoms with E-state index < -0.39 is 0 Å². The molecule has 1 N–H and O–H groups in total. The fourth-order valence-corrected chi connectivity index (χ4v) is 2.75. The summed E-state index contributed by atoms with van der Waals surface area (Å²) in [6, 6.07) is 10.7. The van der Waals surface area contributed by atoms with Crippen molar-refractivity contribution >= 4 is 0 Å². The third-order valence-corrected chi connectivity index (χ3v) is 4.01. The van der Waals surface area contributed by atoms with E-state index in [2.05, 4.69) is 5.32 Å². The number of rotatable bonds is 5. The van der Waals surface area contributed by atoms with Crippen LogP contribution >= 0.6 is 0 Å². The predicted molar refractivity (Wildman–Crippen MR) is 85.8 cm³/mol. The maximum Gasteiger partial charge on any atom is 0.164 e. The highest BCUT2D eigenvalue weighted by Crippen LogP contribution is 2.34. The summed E-state index contributed by atoms with van der Waals surface area (Å²) in [6.07, 6.45) is 0.818. The third-order valence-electron chi connectivity index (χ3n) is 4.01. The second-order valence-corrected chi connectivity index (χ2v) is 5.50. The SMILES string of the molecule is COc1ccc(F)c(CN[C@@H]2COc3c(cccc3OC)C2)c1. The summed E-state index contributed by atoms with van der Waals surface area (Å²) in [5.74, 6) is 1.97. The Morgan fingerprint density at radius 2 is 2.09 bits per heavy atom. The Balaban J connectivity index is 1.66. The molecule has 0 amide bonds. The molecule has 2 aromatic carbocycles. The van der Waals surface area contributed by atoms with E-state index in [0.717, 1.165) is 23.5 Å². The van der Waals surface area contributed by atoms with Crippen molar-refractivity contribution in [3.63, 3.8) is 0 Å². The lowest BCUT2D eigenvalue weighted by Gasteiger charge is -2.27. The lowest BCUT2D eigenvalue weighted by Crippen LogP contribution is -2.39. The standard InChI is InChI=1S/C18H20FNO3/c1-21-15-6-7-16(19)13(9-15)10-20-14-8-12-4-3-5-17(22-2)18(12)23-11-14/h3-7,9,14,20H,8,10-11H2,1-2H3/t14-/m0/s1. The zero-order valence-corrected chi connectivity index (χ0v) is 13.3. The number of hydrogen-bond acceptors (Lipinski definition) is 4. The molecular weight excluding hydrogens is 297 g/mol. The first kappa shape index (κ1) is 15.6. The Morgan fingerprint density at radius 1 is 1.22 bits per heavy atom. The maximum absolute atomic E-state index is 13.9. The third kappa shape index (κ3) is 3.40. The molecule has 0 aliphatic carbocycles. The molecule has 0 bridgehead atoms. The van der Waals surface area contributed by atoms with Crippen molar-refractivity contribution in [1.29, 1.82) is 0 Å². The van der Waals surface area contributed by atoms with E-state index in [9.17, 15) is 4.39 Å². The Morgan fingerprint density at radius 3 is 2.87 bits per heavy atom. The van der Waals surface area contributed by atoms with Gasteiger partial charge in [-0.3, -0.25) is 0 Å². The van der Waals surface area contributed by atoms with Crippen LogP contribution in [0.2, 0.25) is 0 Å². The van der Waals surface area contributed by atoms with Gasteiger partial charge in [0.1, 0.15) is 18.2 Å². The van der Waals surface area contributed by atoms with E-state index in [1.54, 1.807) is 26.4 Å². The average Bonchev–Trinajstić information content (AvgIpc) is 2.60. The minimum absolute atomic E-state index is 0.125. The molecule has 0 spiro atoms. The van der Waals surface area contributed by atoms with Crippen molar-refractivity contribution in [3.05, 3.63) is 53.3 Å². The van der Waals surface area contributed by atoms with Crippen molar-refractivity contribution in [1.82, 2.24) is 5.32 Å². The smallest absolute Gasteiger partial charge is 0.164 e. The van der Waals surface area contributed by atoms with Crippen LogP contribution in [0.3, 0.4) is 0 Å². The van der Waals surface area contributed by atoms with Crippen molar-refractivity contribution < 1.29 is 18.6 Å². The quantitative estimate of drug-likeness (QED) is 0.920. The van der Waals surface area contributed by atoms with Crippen LogP contribution in [-0.2, 0) is 13.0 Å². The number of ether oxygens (including phenoxy) is 3. The highest BCUT2D eigenvalue weighted by molar-refractivity contribution is 5.48. The van der Waals surface area contributed by atoms with Gasteiger partial charge >= 0.3 is 0 Å². The van der Waals surface area contributed by atoms with E-state index in [4.69, 9.17) is 14.2 Å². The van der Waals surface area contributed by atoms with Crippen LogP contribution in [-0.4, -0.2) is 26.9 Å². The molecule has 0 saturated heterocycles. The van der Waals surface area contributed by atoms with Gasteiger partial charge in [0.25, 0.3) is 0 Å². The van der Waals surface area contributed by atoms with Gasteiger partial charge in [-0.25, -0.2) is 4.39 Å². The number of hydrogen-bond donors (Lipinski definition) is 1. The summed E-state index contributed by atoms with van der Waals surface area (Å²) in [6.45, 7) is 0.954. The van der Waals surface area contributed by atoms with Crippen LogP contribution in [0.4, 0.5) is 4.39 Å². The van der Waals surface area contributed by atoms with Crippen molar-refractivity contribution in [2.75, 3.05) is 20.8 Å². The minimum atomic E-state index is -0.239. The second-order valence-electron chi connectivity index (χ2n) is 5.50. The molecule has 4 nitrogen and oxygen atoms in total. The van der Waals surface area contributed by atoms with Gasteiger partial charge in [-0.15, -0.1) is 0 Å². The first-order valence-corrected chi connectivity index (χ1v) is 7.55. The topological polar surface area (TPSA) is 39.7 Å². The molecule has 1 aliphatic heterocycles. The molecule has 1 atom stereocenters. The Kier molecular flexibility index (Phi) is 4.67. The van der Waals surface area contributed by atoms with Crippen LogP contribution in [0.15, 0.2) is 36.4 Å². The van der Waals surface area contributed by atoms with Gasteiger partial charge < -0.3 is 19.5 Å². The van der Waals surface area contributed by atoms with Gasteiger partial charge in [0.15, 0.2) is 11.5 Å². The number of halogens is 1. The van der Waals surface area contributed by atoms with E-state index in [1.165, 1.54) is 6.07 Å². The number of methoxy groups -OCH3 is 2. The number of benzene rings is 2. The first-order chi connectivity index (χ1) is 11.2. The van der Waals surface area contributed by atoms with Crippen LogP contribution in [0.1, 0.15) is 11.1 Å². The molecule has 0 fully saturated rings. The zero-order valence-electron chi connectivity index (χ0n) is 13.3. The van der Waals surface area contributed by atoms with Gasteiger partial charge in [0.2, 0.25) is 0 Å². The minimum Gasteiger partial charge on any atom is -0.497 e. The normalized spacial score (nSPS) is 16.4. The zero-order chi connectivity index (χ0) is 16.2. The summed E-state index contributed by atoms with van der Waals surface area (Å²) in [4.78, 5) is 0. The molecule has 2 aromatic rings. The van der Waals surface area contributed by atoms with Crippen molar-refractivity contribution in [2.45, 2.75) is 19.0 Å². The Labute approximate surface area is 135 Å². The first-order valence-electron chi connectivity index (χ1n) is 7.55.